The van der Waals surface area contributed by atoms with Gasteiger partial charge in [0.1, 0.15) is 12.6 Å². The van der Waals surface area contributed by atoms with Gasteiger partial charge in [-0.25, -0.2) is 9.59 Å². The number of nitrogens with zero attached hydrogens (tertiary/aromatic N) is 1. The van der Waals surface area contributed by atoms with E-state index in [1.807, 2.05) is 24.3 Å². The summed E-state index contributed by atoms with van der Waals surface area (Å²) in [5.74, 6) is -1.31. The highest BCUT2D eigenvalue weighted by Gasteiger charge is 2.47. The number of benzene rings is 2. The molecule has 8 heteroatoms. The van der Waals surface area contributed by atoms with Crippen LogP contribution in [0.4, 0.5) is 4.79 Å². The number of alkyl carbamates (subject to hydrolysis) is 1. The summed E-state index contributed by atoms with van der Waals surface area (Å²) in [5.41, 5.74) is 3.58. The van der Waals surface area contributed by atoms with Crippen LogP contribution in [0.25, 0.3) is 11.1 Å². The zero-order valence-electron chi connectivity index (χ0n) is 19.6. The first kappa shape index (κ1) is 23.4. The summed E-state index contributed by atoms with van der Waals surface area (Å²) in [5, 5.41) is 12.3. The van der Waals surface area contributed by atoms with Crippen LogP contribution in [-0.4, -0.2) is 66.9 Å². The molecule has 8 nitrogen and oxygen atoms in total. The molecule has 2 atom stereocenters. The van der Waals surface area contributed by atoms with E-state index in [0.29, 0.717) is 38.8 Å². The highest BCUT2D eigenvalue weighted by molar-refractivity contribution is 5.89. The fourth-order valence-electron chi connectivity index (χ4n) is 5.70. The van der Waals surface area contributed by atoms with Crippen molar-refractivity contribution in [3.63, 3.8) is 0 Å². The Morgan fingerprint density at radius 2 is 1.74 bits per heavy atom. The third kappa shape index (κ3) is 4.38. The predicted octanol–water partition coefficient (Wildman–Crippen LogP) is 3.40. The van der Waals surface area contributed by atoms with Gasteiger partial charge in [-0.2, -0.15) is 0 Å². The molecule has 0 bridgehead atoms. The molecule has 2 amide bonds. The van der Waals surface area contributed by atoms with E-state index in [-0.39, 0.29) is 31.6 Å². The number of carboxylic acid groups (broad SMARTS) is 1. The van der Waals surface area contributed by atoms with E-state index in [1.165, 1.54) is 4.90 Å². The second-order valence-corrected chi connectivity index (χ2v) is 9.61. The molecule has 2 aromatic carbocycles. The number of carbonyl (C=O) groups is 3. The van der Waals surface area contributed by atoms with Crippen molar-refractivity contribution in [3.05, 3.63) is 59.7 Å². The summed E-state index contributed by atoms with van der Waals surface area (Å²) in [6.07, 6.45) is 1.69. The molecule has 2 aliphatic heterocycles. The number of likely N-dealkylation sites (tertiary alicyclic amines) is 1. The Bertz CT molecular complexity index is 1080. The van der Waals surface area contributed by atoms with E-state index in [0.717, 1.165) is 22.3 Å². The summed E-state index contributed by atoms with van der Waals surface area (Å²) in [7, 11) is 0. The van der Waals surface area contributed by atoms with Gasteiger partial charge in [-0.15, -0.1) is 0 Å². The molecule has 0 spiro atoms. The molecular formula is C27H30N2O6. The number of ether oxygens (including phenoxy) is 2. The highest BCUT2D eigenvalue weighted by atomic mass is 16.5. The Labute approximate surface area is 204 Å². The molecular weight excluding hydrogens is 448 g/mol. The number of nitrogens with one attached hydrogen (secondary N) is 1. The van der Waals surface area contributed by atoms with Gasteiger partial charge in [0.05, 0.1) is 12.0 Å². The normalized spacial score (nSPS) is 23.4. The Morgan fingerprint density at radius 1 is 1.06 bits per heavy atom. The van der Waals surface area contributed by atoms with Crippen LogP contribution >= 0.6 is 0 Å². The molecule has 2 saturated heterocycles. The van der Waals surface area contributed by atoms with E-state index in [1.54, 1.807) is 0 Å². The zero-order chi connectivity index (χ0) is 24.4. The SMILES string of the molecule is O=C(NCC1(C(=O)N2CCC[C@@H]2C(=O)O)CCCOC1)OCC1c2ccccc2-c2ccccc21. The van der Waals surface area contributed by atoms with Crippen molar-refractivity contribution < 1.29 is 29.0 Å². The Kier molecular flexibility index (Phi) is 6.47. The van der Waals surface area contributed by atoms with E-state index < -0.39 is 23.5 Å². The molecule has 35 heavy (non-hydrogen) atoms. The van der Waals surface area contributed by atoms with Gasteiger partial charge in [-0.1, -0.05) is 48.5 Å². The molecule has 0 aromatic heterocycles. The molecule has 1 aliphatic carbocycles. The van der Waals surface area contributed by atoms with Gasteiger partial charge in [0.15, 0.2) is 0 Å². The van der Waals surface area contributed by atoms with Crippen molar-refractivity contribution in [1.29, 1.82) is 0 Å². The Balaban J connectivity index is 1.25. The highest BCUT2D eigenvalue weighted by Crippen LogP contribution is 2.44. The quantitative estimate of drug-likeness (QED) is 0.659. The first-order valence-corrected chi connectivity index (χ1v) is 12.2. The maximum atomic E-state index is 13.5. The van der Waals surface area contributed by atoms with Gasteiger partial charge >= 0.3 is 12.1 Å². The van der Waals surface area contributed by atoms with Gasteiger partial charge in [-0.3, -0.25) is 4.79 Å². The molecule has 1 unspecified atom stereocenters. The van der Waals surface area contributed by atoms with Crippen LogP contribution in [0.1, 0.15) is 42.7 Å². The van der Waals surface area contributed by atoms with Crippen molar-refractivity contribution in [3.8, 4) is 11.1 Å². The number of rotatable bonds is 6. The number of carbonyl (C=O) groups excluding carboxylic acids is 2. The van der Waals surface area contributed by atoms with Crippen LogP contribution in [0, 0.1) is 5.41 Å². The molecule has 0 radical (unpaired) electrons. The molecule has 2 N–H and O–H groups in total. The monoisotopic (exact) mass is 478 g/mol. The molecule has 2 heterocycles. The lowest BCUT2D eigenvalue weighted by Gasteiger charge is -2.39. The van der Waals surface area contributed by atoms with E-state index in [2.05, 4.69) is 29.6 Å². The maximum absolute atomic E-state index is 13.5. The second kappa shape index (κ2) is 9.70. The van der Waals surface area contributed by atoms with E-state index >= 15 is 0 Å². The Morgan fingerprint density at radius 3 is 2.37 bits per heavy atom. The van der Waals surface area contributed by atoms with Crippen LogP contribution in [0.5, 0.6) is 0 Å². The molecule has 0 saturated carbocycles. The first-order chi connectivity index (χ1) is 17.0. The lowest BCUT2D eigenvalue weighted by molar-refractivity contribution is -0.158. The molecule has 2 aromatic rings. The van der Waals surface area contributed by atoms with Gasteiger partial charge in [0, 0.05) is 25.6 Å². The lowest BCUT2D eigenvalue weighted by atomic mass is 9.80. The fourth-order valence-corrected chi connectivity index (χ4v) is 5.70. The second-order valence-electron chi connectivity index (χ2n) is 9.61. The topological polar surface area (TPSA) is 105 Å². The van der Waals surface area contributed by atoms with Gasteiger partial charge in [0.2, 0.25) is 5.91 Å². The lowest BCUT2D eigenvalue weighted by Crippen LogP contribution is -2.56. The van der Waals surface area contributed by atoms with Crippen LogP contribution in [0.2, 0.25) is 0 Å². The van der Waals surface area contributed by atoms with Gasteiger partial charge in [0.25, 0.3) is 0 Å². The standard InChI is InChI=1S/C27H30N2O6/c30-24(31)23-11-5-13-29(23)25(32)27(12-6-14-34-17-27)16-28-26(33)35-15-22-20-9-3-1-7-18(20)19-8-2-4-10-21(19)22/h1-4,7-10,22-23H,5-6,11-17H2,(H,28,33)(H,30,31)/t23-,27?/m1/s1. The van der Waals surface area contributed by atoms with Crippen LogP contribution in [-0.2, 0) is 19.1 Å². The Hall–Kier alpha value is -3.39. The summed E-state index contributed by atoms with van der Waals surface area (Å²) in [4.78, 5) is 39.3. The average molecular weight is 479 g/mol. The molecule has 184 valence electrons. The van der Waals surface area contributed by atoms with Crippen molar-refractivity contribution >= 4 is 18.0 Å². The summed E-state index contributed by atoms with van der Waals surface area (Å²) in [6, 6.07) is 15.4. The van der Waals surface area contributed by atoms with E-state index in [9.17, 15) is 19.5 Å². The summed E-state index contributed by atoms with van der Waals surface area (Å²) < 4.78 is 11.3. The average Bonchev–Trinajstić information content (AvgIpc) is 3.50. The zero-order valence-corrected chi connectivity index (χ0v) is 19.6. The van der Waals surface area contributed by atoms with Crippen LogP contribution in [0.3, 0.4) is 0 Å². The van der Waals surface area contributed by atoms with Gasteiger partial charge in [-0.05, 0) is 47.9 Å². The number of fused-ring (bicyclic) bond motifs is 3. The van der Waals surface area contributed by atoms with Gasteiger partial charge < -0.3 is 24.8 Å². The minimum Gasteiger partial charge on any atom is -0.480 e. The number of amides is 2. The largest absolute Gasteiger partial charge is 0.480 e. The predicted molar refractivity (Wildman–Crippen MR) is 128 cm³/mol. The van der Waals surface area contributed by atoms with E-state index in [4.69, 9.17) is 9.47 Å². The molecule has 2 fully saturated rings. The van der Waals surface area contributed by atoms with Crippen molar-refractivity contribution in [2.75, 3.05) is 32.9 Å². The summed E-state index contributed by atoms with van der Waals surface area (Å²) in [6.45, 7) is 1.33. The molecule has 5 rings (SSSR count). The smallest absolute Gasteiger partial charge is 0.407 e. The van der Waals surface area contributed by atoms with Crippen LogP contribution < -0.4 is 5.32 Å². The third-order valence-corrected chi connectivity index (χ3v) is 7.49. The third-order valence-electron chi connectivity index (χ3n) is 7.49. The minimum atomic E-state index is -0.993. The van der Waals surface area contributed by atoms with Crippen molar-refractivity contribution in [2.24, 2.45) is 5.41 Å². The maximum Gasteiger partial charge on any atom is 0.407 e. The number of aliphatic carboxylic acids is 1. The van der Waals surface area contributed by atoms with Crippen molar-refractivity contribution in [2.45, 2.75) is 37.6 Å². The number of carboxylic acids is 1. The van der Waals surface area contributed by atoms with Crippen molar-refractivity contribution in [1.82, 2.24) is 10.2 Å². The minimum absolute atomic E-state index is 0.0470. The van der Waals surface area contributed by atoms with Crippen LogP contribution in [0.15, 0.2) is 48.5 Å². The number of hydrogen-bond acceptors (Lipinski definition) is 5. The molecule has 3 aliphatic rings. The fraction of sp³-hybridized carbons (Fsp3) is 0.444. The summed E-state index contributed by atoms with van der Waals surface area (Å²) >= 11 is 0. The first-order valence-electron chi connectivity index (χ1n) is 12.2. The number of hydrogen-bond donors (Lipinski definition) is 2.